The molecule has 112 valence electrons. The van der Waals surface area contributed by atoms with Crippen LogP contribution in [0.15, 0.2) is 24.3 Å². The molecule has 2 atom stereocenters. The Morgan fingerprint density at radius 1 is 0.850 bits per heavy atom. The second-order valence-corrected chi connectivity index (χ2v) is 3.66. The monoisotopic (exact) mass is 288 g/mol. The van der Waals surface area contributed by atoms with Gasteiger partial charge in [-0.15, -0.1) is 0 Å². The topological polar surface area (TPSA) is 156 Å². The second kappa shape index (κ2) is 8.99. The summed E-state index contributed by atoms with van der Waals surface area (Å²) in [7, 11) is 0. The maximum atomic E-state index is 10.5. The molecule has 1 aromatic rings. The van der Waals surface area contributed by atoms with Gasteiger partial charge in [0.25, 0.3) is 0 Å². The van der Waals surface area contributed by atoms with E-state index >= 15 is 0 Å². The van der Waals surface area contributed by atoms with E-state index in [4.69, 9.17) is 30.6 Å². The van der Waals surface area contributed by atoms with Crippen molar-refractivity contribution in [1.82, 2.24) is 0 Å². The lowest BCUT2D eigenvalue weighted by Gasteiger charge is -2.10. The lowest BCUT2D eigenvalue weighted by atomic mass is 10.1. The van der Waals surface area contributed by atoms with Crippen molar-refractivity contribution in [2.45, 2.75) is 12.2 Å². The molecule has 0 amide bonds. The van der Waals surface area contributed by atoms with E-state index in [2.05, 4.69) is 0 Å². The van der Waals surface area contributed by atoms with Gasteiger partial charge in [0.1, 0.15) is 12.2 Å². The first-order valence-electron chi connectivity index (χ1n) is 5.48. The van der Waals surface area contributed by atoms with E-state index in [0.29, 0.717) is 0 Å². The number of carboxylic acid groups (broad SMARTS) is 2. The highest BCUT2D eigenvalue weighted by Gasteiger charge is 2.13. The van der Waals surface area contributed by atoms with E-state index in [1.165, 1.54) is 24.3 Å². The van der Waals surface area contributed by atoms with Crippen LogP contribution in [0.5, 0.6) is 0 Å². The summed E-state index contributed by atoms with van der Waals surface area (Å²) in [6.45, 7) is -1.05. The minimum atomic E-state index is -1.23. The van der Waals surface area contributed by atoms with Gasteiger partial charge >= 0.3 is 11.9 Å². The molecule has 0 saturated carbocycles. The smallest absolute Gasteiger partial charge is 0.336 e. The molecule has 8 nitrogen and oxygen atoms in total. The van der Waals surface area contributed by atoms with Gasteiger partial charge in [-0.2, -0.15) is 0 Å². The zero-order valence-corrected chi connectivity index (χ0v) is 10.4. The minimum absolute atomic E-state index is 0.190. The minimum Gasteiger partial charge on any atom is -0.478 e. The van der Waals surface area contributed by atoms with Gasteiger partial charge in [-0.25, -0.2) is 9.59 Å². The standard InChI is InChI=1S/C8H6O4.C4H10O4/c9-7(10)5-3-1-2-4-6(5)8(11)12;5-1-3(7)4(8)2-6/h1-4H,(H,9,10)(H,11,12);3-8H,1-2H2. The molecule has 0 aromatic heterocycles. The molecule has 0 aliphatic heterocycles. The van der Waals surface area contributed by atoms with Crippen molar-refractivity contribution in [3.8, 4) is 0 Å². The third-order valence-corrected chi connectivity index (χ3v) is 2.21. The van der Waals surface area contributed by atoms with Gasteiger partial charge in [-0.05, 0) is 12.1 Å². The summed E-state index contributed by atoms with van der Waals surface area (Å²) in [6.07, 6.45) is -2.44. The number of carboxylic acids is 2. The van der Waals surface area contributed by atoms with Crippen molar-refractivity contribution in [3.63, 3.8) is 0 Å². The van der Waals surface area contributed by atoms with E-state index in [-0.39, 0.29) is 11.1 Å². The van der Waals surface area contributed by atoms with Gasteiger partial charge < -0.3 is 30.6 Å². The van der Waals surface area contributed by atoms with Crippen LogP contribution in [0.25, 0.3) is 0 Å². The molecule has 0 radical (unpaired) electrons. The molecule has 1 aromatic carbocycles. The maximum Gasteiger partial charge on any atom is 0.336 e. The zero-order chi connectivity index (χ0) is 15.7. The molecular formula is C12H16O8. The highest BCUT2D eigenvalue weighted by molar-refractivity contribution is 6.01. The van der Waals surface area contributed by atoms with Crippen molar-refractivity contribution in [2.75, 3.05) is 13.2 Å². The number of hydrogen-bond donors (Lipinski definition) is 6. The molecule has 6 N–H and O–H groups in total. The van der Waals surface area contributed by atoms with Crippen LogP contribution in [0.1, 0.15) is 20.7 Å². The quantitative estimate of drug-likeness (QED) is 0.393. The fourth-order valence-corrected chi connectivity index (χ4v) is 1.10. The third-order valence-electron chi connectivity index (χ3n) is 2.21. The molecular weight excluding hydrogens is 272 g/mol. The highest BCUT2D eigenvalue weighted by atomic mass is 16.4. The van der Waals surface area contributed by atoms with Crippen LogP contribution in [0.4, 0.5) is 0 Å². The molecule has 0 bridgehead atoms. The van der Waals surface area contributed by atoms with Crippen molar-refractivity contribution < 1.29 is 40.2 Å². The van der Waals surface area contributed by atoms with Crippen LogP contribution < -0.4 is 0 Å². The van der Waals surface area contributed by atoms with Crippen LogP contribution in [0.2, 0.25) is 0 Å². The summed E-state index contributed by atoms with van der Waals surface area (Å²) in [5.41, 5.74) is -0.380. The molecule has 0 heterocycles. The normalized spacial score (nSPS) is 12.8. The van der Waals surface area contributed by atoms with Crippen molar-refractivity contribution in [3.05, 3.63) is 35.4 Å². The number of aromatic carboxylic acids is 2. The number of hydrogen-bond acceptors (Lipinski definition) is 6. The number of aliphatic hydroxyl groups is 4. The van der Waals surface area contributed by atoms with Crippen LogP contribution in [-0.2, 0) is 0 Å². The Kier molecular flexibility index (Phi) is 8.09. The Balaban J connectivity index is 0.000000396. The molecule has 2 unspecified atom stereocenters. The summed E-state index contributed by atoms with van der Waals surface area (Å²) >= 11 is 0. The summed E-state index contributed by atoms with van der Waals surface area (Å²) in [6, 6.07) is 5.48. The summed E-state index contributed by atoms with van der Waals surface area (Å²) in [4.78, 5) is 20.9. The van der Waals surface area contributed by atoms with Crippen LogP contribution in [0.3, 0.4) is 0 Å². The Labute approximate surface area is 114 Å². The first kappa shape index (κ1) is 18.0. The Morgan fingerprint density at radius 3 is 1.35 bits per heavy atom. The molecule has 0 spiro atoms. The predicted octanol–water partition coefficient (Wildman–Crippen LogP) is -1.22. The first-order chi connectivity index (χ1) is 9.34. The first-order valence-corrected chi connectivity index (χ1v) is 5.48. The third kappa shape index (κ3) is 5.76. The summed E-state index contributed by atoms with van der Waals surface area (Å²) in [5, 5.41) is 50.3. The molecule has 1 rings (SSSR count). The molecule has 0 aliphatic rings. The Morgan fingerprint density at radius 2 is 1.15 bits per heavy atom. The van der Waals surface area contributed by atoms with Crippen molar-refractivity contribution >= 4 is 11.9 Å². The highest BCUT2D eigenvalue weighted by Crippen LogP contribution is 2.07. The fraction of sp³-hybridized carbons (Fsp3) is 0.333. The lowest BCUT2D eigenvalue weighted by molar-refractivity contribution is -0.0388. The predicted molar refractivity (Wildman–Crippen MR) is 66.5 cm³/mol. The SMILES string of the molecule is O=C(O)c1ccccc1C(=O)O.OCC(O)C(O)CO. The number of benzene rings is 1. The molecule has 8 heteroatoms. The maximum absolute atomic E-state index is 10.5. The van der Waals surface area contributed by atoms with Crippen LogP contribution >= 0.6 is 0 Å². The fourth-order valence-electron chi connectivity index (χ4n) is 1.10. The van der Waals surface area contributed by atoms with Gasteiger partial charge in [0.05, 0.1) is 24.3 Å². The van der Waals surface area contributed by atoms with E-state index in [1.807, 2.05) is 0 Å². The second-order valence-electron chi connectivity index (χ2n) is 3.66. The Hall–Kier alpha value is -2.00. The summed E-state index contributed by atoms with van der Waals surface area (Å²) < 4.78 is 0. The van der Waals surface area contributed by atoms with Gasteiger partial charge in [0.2, 0.25) is 0 Å². The van der Waals surface area contributed by atoms with E-state index in [1.54, 1.807) is 0 Å². The molecule has 20 heavy (non-hydrogen) atoms. The van der Waals surface area contributed by atoms with Crippen molar-refractivity contribution in [2.24, 2.45) is 0 Å². The number of aliphatic hydroxyl groups excluding tert-OH is 4. The largest absolute Gasteiger partial charge is 0.478 e. The average molecular weight is 288 g/mol. The summed E-state index contributed by atoms with van der Waals surface area (Å²) in [5.74, 6) is -2.46. The van der Waals surface area contributed by atoms with Gasteiger partial charge in [-0.1, -0.05) is 12.1 Å². The molecule has 0 fully saturated rings. The van der Waals surface area contributed by atoms with Gasteiger partial charge in [0.15, 0.2) is 0 Å². The van der Waals surface area contributed by atoms with Crippen LogP contribution in [-0.4, -0.2) is 68.0 Å². The Bertz CT molecular complexity index is 404. The van der Waals surface area contributed by atoms with E-state index < -0.39 is 37.4 Å². The average Bonchev–Trinajstić information content (AvgIpc) is 2.46. The van der Waals surface area contributed by atoms with Crippen molar-refractivity contribution in [1.29, 1.82) is 0 Å². The molecule has 0 saturated heterocycles. The number of carbonyl (C=O) groups is 2. The van der Waals surface area contributed by atoms with E-state index in [9.17, 15) is 9.59 Å². The van der Waals surface area contributed by atoms with Gasteiger partial charge in [0, 0.05) is 0 Å². The van der Waals surface area contributed by atoms with Crippen LogP contribution in [0, 0.1) is 0 Å². The van der Waals surface area contributed by atoms with Gasteiger partial charge in [-0.3, -0.25) is 0 Å². The molecule has 0 aliphatic carbocycles. The lowest BCUT2D eigenvalue weighted by Crippen LogP contribution is -2.31. The zero-order valence-electron chi connectivity index (χ0n) is 10.4. The number of rotatable bonds is 5. The van der Waals surface area contributed by atoms with E-state index in [0.717, 1.165) is 0 Å².